The Hall–Kier alpha value is 0.170. The maximum Gasteiger partial charge on any atom is 0.0714 e. The summed E-state index contributed by atoms with van der Waals surface area (Å²) in [6, 6.07) is 7.64. The first-order chi connectivity index (χ1) is 5.79. The molecule has 2 nitrogen and oxygen atoms in total. The zero-order chi connectivity index (χ0) is 8.55. The molecule has 0 atom stereocenters. The van der Waals surface area contributed by atoms with E-state index in [0.717, 1.165) is 21.1 Å². The van der Waals surface area contributed by atoms with E-state index < -0.39 is 0 Å². The number of nitrogens with two attached hydrogens (primary N) is 1. The largest absolute Gasteiger partial charge is 0.398 e. The van der Waals surface area contributed by atoms with Crippen LogP contribution in [0.3, 0.4) is 0 Å². The molecule has 1 aromatic carbocycles. The van der Waals surface area contributed by atoms with E-state index in [1.165, 1.54) is 0 Å². The number of hydrogen-bond donors (Lipinski definition) is 1. The Labute approximate surface area is 115 Å². The SMILES string of the molecule is Nc1ccc2ncccc2c1Br.[Ar]. The second kappa shape index (κ2) is 4.60. The Bertz CT molecular complexity index is 431. The third-order valence-electron chi connectivity index (χ3n) is 1.75. The van der Waals surface area contributed by atoms with E-state index in [1.54, 1.807) is 6.20 Å². The van der Waals surface area contributed by atoms with Crippen molar-refractivity contribution in [1.29, 1.82) is 0 Å². The van der Waals surface area contributed by atoms with E-state index in [9.17, 15) is 0 Å². The standard InChI is InChI=1S/C9H7BrN2.Ar/c10-9-6-2-1-5-12-8(6)4-3-7(9)11;/h1-5H,11H2;. The molecule has 4 heteroatoms. The summed E-state index contributed by atoms with van der Waals surface area (Å²) in [4.78, 5) is 4.20. The van der Waals surface area contributed by atoms with E-state index in [2.05, 4.69) is 20.9 Å². The maximum atomic E-state index is 5.71. The number of nitrogens with zero attached hydrogens (tertiary/aromatic N) is 1. The molecule has 0 unspecified atom stereocenters. The third-order valence-corrected chi connectivity index (χ3v) is 2.63. The predicted octanol–water partition coefficient (Wildman–Crippen LogP) is 2.58. The van der Waals surface area contributed by atoms with Crippen LogP contribution >= 0.6 is 15.9 Å². The van der Waals surface area contributed by atoms with Crippen molar-refractivity contribution >= 4 is 32.5 Å². The van der Waals surface area contributed by atoms with Gasteiger partial charge in [0.1, 0.15) is 0 Å². The van der Waals surface area contributed by atoms with Gasteiger partial charge in [-0.3, -0.25) is 4.98 Å². The minimum atomic E-state index is 0. The van der Waals surface area contributed by atoms with Crippen molar-refractivity contribution in [3.8, 4) is 0 Å². The van der Waals surface area contributed by atoms with Gasteiger partial charge in [-0.05, 0) is 34.1 Å². The van der Waals surface area contributed by atoms with Crippen LogP contribution in [-0.2, 0) is 0 Å². The zero-order valence-electron chi connectivity index (χ0n) is 6.64. The Morgan fingerprint density at radius 3 is 2.77 bits per heavy atom. The molecule has 68 valence electrons. The molecule has 2 N–H and O–H groups in total. The van der Waals surface area contributed by atoms with Gasteiger partial charge in [0, 0.05) is 59.5 Å². The number of fused-ring (bicyclic) bond motifs is 1. The Balaban J connectivity index is 0.000000845. The number of halogens is 1. The molecule has 1 heterocycles. The topological polar surface area (TPSA) is 38.9 Å². The van der Waals surface area contributed by atoms with Gasteiger partial charge in [-0.2, -0.15) is 0 Å². The van der Waals surface area contributed by atoms with Crippen LogP contribution in [0.2, 0.25) is 0 Å². The quantitative estimate of drug-likeness (QED) is 0.742. The summed E-state index contributed by atoms with van der Waals surface area (Å²) in [5.41, 5.74) is 7.41. The van der Waals surface area contributed by atoms with Gasteiger partial charge in [-0.15, -0.1) is 0 Å². The minimum Gasteiger partial charge on any atom is -0.398 e. The summed E-state index contributed by atoms with van der Waals surface area (Å²) < 4.78 is 0.924. The van der Waals surface area contributed by atoms with Crippen molar-refractivity contribution in [2.75, 3.05) is 5.73 Å². The molecule has 2 rings (SSSR count). The molecule has 0 aliphatic heterocycles. The molecule has 0 bridgehead atoms. The molecular formula is C9H7ArBrN2. The maximum absolute atomic E-state index is 5.71. The van der Waals surface area contributed by atoms with Crippen LogP contribution in [0.1, 0.15) is 0 Å². The Morgan fingerprint density at radius 1 is 1.23 bits per heavy atom. The van der Waals surface area contributed by atoms with Gasteiger partial charge >= 0.3 is 0 Å². The molecule has 0 aliphatic rings. The van der Waals surface area contributed by atoms with Crippen LogP contribution in [0.15, 0.2) is 34.9 Å². The second-order valence-electron chi connectivity index (χ2n) is 2.54. The van der Waals surface area contributed by atoms with Crippen LogP contribution in [0.25, 0.3) is 10.9 Å². The van der Waals surface area contributed by atoms with E-state index in [0.29, 0.717) is 0 Å². The minimum absolute atomic E-state index is 0. The molecule has 0 radical (unpaired) electrons. The summed E-state index contributed by atoms with van der Waals surface area (Å²) in [7, 11) is 0. The van der Waals surface area contributed by atoms with Crippen molar-refractivity contribution in [2.24, 2.45) is 0 Å². The number of anilines is 1. The second-order valence-corrected chi connectivity index (χ2v) is 3.33. The third kappa shape index (κ3) is 2.15. The summed E-state index contributed by atoms with van der Waals surface area (Å²) in [5, 5.41) is 1.05. The molecule has 0 aliphatic carbocycles. The van der Waals surface area contributed by atoms with Gasteiger partial charge in [0.05, 0.1) is 5.52 Å². The van der Waals surface area contributed by atoms with Gasteiger partial charge in [0.25, 0.3) is 0 Å². The van der Waals surface area contributed by atoms with E-state index >= 15 is 0 Å². The summed E-state index contributed by atoms with van der Waals surface area (Å²) in [6.07, 6.45) is 1.77. The monoisotopic (exact) mass is 262 g/mol. The number of benzene rings is 1. The fourth-order valence-electron chi connectivity index (χ4n) is 1.13. The van der Waals surface area contributed by atoms with Crippen molar-refractivity contribution in [3.05, 3.63) is 34.9 Å². The molecule has 1 aromatic heterocycles. The number of hydrogen-bond acceptors (Lipinski definition) is 2. The van der Waals surface area contributed by atoms with Gasteiger partial charge in [0.15, 0.2) is 0 Å². The number of pyridine rings is 1. The smallest absolute Gasteiger partial charge is 0.0714 e. The van der Waals surface area contributed by atoms with Gasteiger partial charge in [-0.25, -0.2) is 0 Å². The molecule has 0 spiro atoms. The Morgan fingerprint density at radius 2 is 2.00 bits per heavy atom. The van der Waals surface area contributed by atoms with Crippen LogP contribution in [0, 0.1) is 37.7 Å². The van der Waals surface area contributed by atoms with E-state index in [-0.39, 0.29) is 37.7 Å². The Kier molecular flexibility index (Phi) is 3.98. The first kappa shape index (κ1) is 11.2. The van der Waals surface area contributed by atoms with Gasteiger partial charge in [0.2, 0.25) is 0 Å². The average Bonchev–Trinajstić information content (AvgIpc) is 2.12. The van der Waals surface area contributed by atoms with Crippen molar-refractivity contribution in [1.82, 2.24) is 4.98 Å². The molecule has 2 aromatic rings. The van der Waals surface area contributed by atoms with Crippen molar-refractivity contribution in [2.45, 2.75) is 0 Å². The van der Waals surface area contributed by atoms with E-state index in [4.69, 9.17) is 5.73 Å². The van der Waals surface area contributed by atoms with Gasteiger partial charge < -0.3 is 5.73 Å². The predicted molar refractivity (Wildman–Crippen MR) is 53.9 cm³/mol. The normalized spacial score (nSPS) is 9.62. The van der Waals surface area contributed by atoms with Crippen LogP contribution in [0.4, 0.5) is 5.69 Å². The molecule has 0 fully saturated rings. The summed E-state index contributed by atoms with van der Waals surface area (Å²) >= 11 is 3.42. The molecule has 0 saturated carbocycles. The first-order valence-electron chi connectivity index (χ1n) is 3.58. The van der Waals surface area contributed by atoms with Crippen molar-refractivity contribution in [3.63, 3.8) is 0 Å². The number of aromatic nitrogens is 1. The fraction of sp³-hybridized carbons (Fsp3) is 0. The molecule has 0 amide bonds. The number of nitrogen functional groups attached to an aromatic ring is 1. The molecule has 0 saturated heterocycles. The van der Waals surface area contributed by atoms with Crippen LogP contribution in [-0.4, -0.2) is 4.98 Å². The van der Waals surface area contributed by atoms with Crippen LogP contribution < -0.4 is 5.73 Å². The summed E-state index contributed by atoms with van der Waals surface area (Å²) in [6.45, 7) is 0. The van der Waals surface area contributed by atoms with Crippen molar-refractivity contribution < 1.29 is 37.7 Å². The average molecular weight is 263 g/mol. The number of rotatable bonds is 0. The van der Waals surface area contributed by atoms with Gasteiger partial charge in [-0.1, -0.05) is 6.07 Å². The zero-order valence-corrected chi connectivity index (χ0v) is 8.94. The van der Waals surface area contributed by atoms with Crippen LogP contribution in [0.5, 0.6) is 0 Å². The molecular weight excluding hydrogens is 256 g/mol. The fourth-order valence-corrected chi connectivity index (χ4v) is 1.60. The summed E-state index contributed by atoms with van der Waals surface area (Å²) in [5.74, 6) is 0. The molecule has 13 heavy (non-hydrogen) atoms. The van der Waals surface area contributed by atoms with E-state index in [1.807, 2.05) is 24.3 Å². The first-order valence-corrected chi connectivity index (χ1v) is 4.37.